The minimum atomic E-state index is -4.11. The first-order valence-electron chi connectivity index (χ1n) is 8.01. The Balaban J connectivity index is 0.00000261. The molecule has 2 heterocycles. The lowest BCUT2D eigenvalue weighted by atomic mass is 10.2. The van der Waals surface area contributed by atoms with Gasteiger partial charge in [0.05, 0.1) is 20.3 Å². The van der Waals surface area contributed by atoms with Crippen molar-refractivity contribution in [1.29, 1.82) is 0 Å². The Kier molecular flexibility index (Phi) is 6.68. The monoisotopic (exact) mass is 420 g/mol. The smallest absolute Gasteiger partial charge is 0.246 e. The lowest BCUT2D eigenvalue weighted by molar-refractivity contribution is 0.257. The molecule has 0 saturated carbocycles. The van der Waals surface area contributed by atoms with Crippen LogP contribution in [0.5, 0.6) is 11.5 Å². The first-order chi connectivity index (χ1) is 12.4. The Labute approximate surface area is 163 Å². The first-order valence-corrected chi connectivity index (χ1v) is 9.45. The number of imidazole rings is 1. The number of hydrogen-bond acceptors (Lipinski definition) is 6. The fourth-order valence-electron chi connectivity index (χ4n) is 3.05. The molecular weight excluding hydrogens is 399 g/mol. The van der Waals surface area contributed by atoms with Gasteiger partial charge in [-0.1, -0.05) is 0 Å². The molecule has 0 spiro atoms. The first kappa shape index (κ1) is 21.4. The van der Waals surface area contributed by atoms with E-state index in [2.05, 4.69) is 10.3 Å². The minimum absolute atomic E-state index is 0. The average Bonchev–Trinajstić information content (AvgIpc) is 3.07. The normalized spacial score (nSPS) is 18.0. The molecule has 1 N–H and O–H groups in total. The van der Waals surface area contributed by atoms with Gasteiger partial charge in [0, 0.05) is 51.2 Å². The van der Waals surface area contributed by atoms with Crippen molar-refractivity contribution < 1.29 is 22.3 Å². The van der Waals surface area contributed by atoms with E-state index in [9.17, 15) is 12.8 Å². The van der Waals surface area contributed by atoms with E-state index in [1.807, 2.05) is 0 Å². The molecule has 1 fully saturated rings. The minimum Gasteiger partial charge on any atom is -0.493 e. The summed E-state index contributed by atoms with van der Waals surface area (Å²) < 4.78 is 54.2. The number of hydrogen-bond donors (Lipinski definition) is 1. The quantitative estimate of drug-likeness (QED) is 0.785. The summed E-state index contributed by atoms with van der Waals surface area (Å²) in [4.78, 5) is 3.81. The zero-order valence-corrected chi connectivity index (χ0v) is 16.8. The standard InChI is InChI=1S/C16H21FN4O4S.ClH/c1-20-6-5-19-16(20)12-10-18-4-7-21(12)26(22,23)15-9-14(25-3)13(24-2)8-11(15)17;/h5-6,8-9,12,18H,4,7,10H2,1-3H3;1H. The molecule has 11 heteroatoms. The van der Waals surface area contributed by atoms with Crippen LogP contribution in [0.3, 0.4) is 0 Å². The van der Waals surface area contributed by atoms with E-state index in [1.165, 1.54) is 18.5 Å². The van der Waals surface area contributed by atoms with Crippen molar-refractivity contribution in [1.82, 2.24) is 19.2 Å². The van der Waals surface area contributed by atoms with E-state index in [-0.39, 0.29) is 30.5 Å². The number of aryl methyl sites for hydroxylation is 1. The number of benzene rings is 1. The molecule has 1 atom stereocenters. The van der Waals surface area contributed by atoms with Crippen LogP contribution in [0.2, 0.25) is 0 Å². The second-order valence-corrected chi connectivity index (χ2v) is 7.73. The van der Waals surface area contributed by atoms with Crippen molar-refractivity contribution in [3.05, 3.63) is 36.2 Å². The number of methoxy groups -OCH3 is 2. The molecule has 3 rings (SSSR count). The number of rotatable bonds is 5. The van der Waals surface area contributed by atoms with Crippen LogP contribution in [-0.2, 0) is 17.1 Å². The van der Waals surface area contributed by atoms with Gasteiger partial charge in [-0.05, 0) is 0 Å². The third kappa shape index (κ3) is 3.88. The number of halogens is 2. The number of sulfonamides is 1. The Morgan fingerprint density at radius 1 is 1.26 bits per heavy atom. The van der Waals surface area contributed by atoms with E-state index < -0.39 is 26.8 Å². The third-order valence-electron chi connectivity index (χ3n) is 4.38. The summed E-state index contributed by atoms with van der Waals surface area (Å²) in [5, 5.41) is 3.16. The van der Waals surface area contributed by atoms with Crippen molar-refractivity contribution >= 4 is 22.4 Å². The highest BCUT2D eigenvalue weighted by atomic mass is 35.5. The van der Waals surface area contributed by atoms with Crippen LogP contribution in [-0.4, -0.2) is 56.1 Å². The molecule has 1 aromatic heterocycles. The Bertz CT molecular complexity index is 906. The summed E-state index contributed by atoms with van der Waals surface area (Å²) in [5.41, 5.74) is 0. The van der Waals surface area contributed by atoms with Gasteiger partial charge in [-0.2, -0.15) is 4.31 Å². The van der Waals surface area contributed by atoms with Crippen LogP contribution in [0.15, 0.2) is 29.4 Å². The molecule has 1 aromatic carbocycles. The van der Waals surface area contributed by atoms with E-state index >= 15 is 0 Å². The fourth-order valence-corrected chi connectivity index (χ4v) is 4.70. The number of ether oxygens (including phenoxy) is 2. The van der Waals surface area contributed by atoms with Gasteiger partial charge in [-0.3, -0.25) is 0 Å². The maximum atomic E-state index is 14.6. The van der Waals surface area contributed by atoms with Crippen LogP contribution >= 0.6 is 12.4 Å². The highest BCUT2D eigenvalue weighted by Crippen LogP contribution is 2.35. The maximum Gasteiger partial charge on any atom is 0.246 e. The molecule has 0 radical (unpaired) electrons. The third-order valence-corrected chi connectivity index (χ3v) is 6.30. The van der Waals surface area contributed by atoms with Crippen molar-refractivity contribution in [2.75, 3.05) is 33.9 Å². The lowest BCUT2D eigenvalue weighted by Crippen LogP contribution is -2.49. The van der Waals surface area contributed by atoms with Gasteiger partial charge < -0.3 is 19.4 Å². The lowest BCUT2D eigenvalue weighted by Gasteiger charge is -2.34. The predicted octanol–water partition coefficient (Wildman–Crippen LogP) is 1.33. The zero-order valence-electron chi connectivity index (χ0n) is 15.2. The van der Waals surface area contributed by atoms with E-state index in [0.717, 1.165) is 12.1 Å². The maximum absolute atomic E-state index is 14.6. The van der Waals surface area contributed by atoms with Crippen LogP contribution in [0.25, 0.3) is 0 Å². The summed E-state index contributed by atoms with van der Waals surface area (Å²) in [7, 11) is 0.406. The molecule has 150 valence electrons. The summed E-state index contributed by atoms with van der Waals surface area (Å²) >= 11 is 0. The summed E-state index contributed by atoms with van der Waals surface area (Å²) in [6, 6.07) is 1.63. The number of piperazine rings is 1. The van der Waals surface area contributed by atoms with Crippen molar-refractivity contribution in [2.24, 2.45) is 7.05 Å². The van der Waals surface area contributed by atoms with Crippen molar-refractivity contribution in [3.63, 3.8) is 0 Å². The number of nitrogens with zero attached hydrogens (tertiary/aromatic N) is 3. The molecule has 1 saturated heterocycles. The van der Waals surface area contributed by atoms with E-state index in [4.69, 9.17) is 9.47 Å². The van der Waals surface area contributed by atoms with Gasteiger partial charge in [0.25, 0.3) is 0 Å². The summed E-state index contributed by atoms with van der Waals surface area (Å²) in [6.45, 7) is 1.06. The SMILES string of the molecule is COc1cc(F)c(S(=O)(=O)N2CCNCC2c2nccn2C)cc1OC.Cl. The van der Waals surface area contributed by atoms with Gasteiger partial charge in [0.2, 0.25) is 10.0 Å². The topological polar surface area (TPSA) is 85.7 Å². The number of nitrogens with one attached hydrogen (secondary N) is 1. The van der Waals surface area contributed by atoms with E-state index in [0.29, 0.717) is 18.9 Å². The van der Waals surface area contributed by atoms with Gasteiger partial charge in [-0.15, -0.1) is 12.4 Å². The second kappa shape index (κ2) is 8.42. The van der Waals surface area contributed by atoms with Crippen LogP contribution in [0.1, 0.15) is 11.9 Å². The van der Waals surface area contributed by atoms with Gasteiger partial charge in [0.15, 0.2) is 11.5 Å². The van der Waals surface area contributed by atoms with E-state index in [1.54, 1.807) is 24.0 Å². The molecule has 1 aliphatic heterocycles. The van der Waals surface area contributed by atoms with Crippen LogP contribution < -0.4 is 14.8 Å². The fraction of sp³-hybridized carbons (Fsp3) is 0.438. The highest BCUT2D eigenvalue weighted by molar-refractivity contribution is 7.89. The summed E-state index contributed by atoms with van der Waals surface area (Å²) in [5.74, 6) is -0.0255. The molecular formula is C16H22ClFN4O4S. The second-order valence-electron chi connectivity index (χ2n) is 5.87. The van der Waals surface area contributed by atoms with Gasteiger partial charge >= 0.3 is 0 Å². The zero-order chi connectivity index (χ0) is 18.9. The van der Waals surface area contributed by atoms with Crippen molar-refractivity contribution in [2.45, 2.75) is 10.9 Å². The van der Waals surface area contributed by atoms with Gasteiger partial charge in [0.1, 0.15) is 16.5 Å². The highest BCUT2D eigenvalue weighted by Gasteiger charge is 2.38. The largest absolute Gasteiger partial charge is 0.493 e. The average molecular weight is 421 g/mol. The molecule has 0 aliphatic carbocycles. The summed E-state index contributed by atoms with van der Waals surface area (Å²) in [6.07, 6.45) is 3.34. The molecule has 1 aliphatic rings. The Hall–Kier alpha value is -1.88. The number of aromatic nitrogens is 2. The Morgan fingerprint density at radius 3 is 2.52 bits per heavy atom. The van der Waals surface area contributed by atoms with Crippen LogP contribution in [0.4, 0.5) is 4.39 Å². The predicted molar refractivity (Wildman–Crippen MR) is 99.5 cm³/mol. The van der Waals surface area contributed by atoms with Crippen LogP contribution in [0, 0.1) is 5.82 Å². The molecule has 8 nitrogen and oxygen atoms in total. The molecule has 0 bridgehead atoms. The molecule has 0 amide bonds. The van der Waals surface area contributed by atoms with Crippen molar-refractivity contribution in [3.8, 4) is 11.5 Å². The molecule has 2 aromatic rings. The Morgan fingerprint density at radius 2 is 1.93 bits per heavy atom. The molecule has 1 unspecified atom stereocenters. The molecule has 27 heavy (non-hydrogen) atoms. The van der Waals surface area contributed by atoms with Gasteiger partial charge in [-0.25, -0.2) is 17.8 Å².